The highest BCUT2D eigenvalue weighted by Gasteiger charge is 2.07. The maximum Gasteiger partial charge on any atom is 0.233 e. The number of hydrogen-bond donors (Lipinski definition) is 4. The van der Waals surface area contributed by atoms with Crippen molar-refractivity contribution in [2.75, 3.05) is 55.5 Å². The highest BCUT2D eigenvalue weighted by atomic mass is 79.9. The molecule has 2 aromatic carbocycles. The number of para-hydroxylation sites is 1. The fourth-order valence-electron chi connectivity index (χ4n) is 2.66. The van der Waals surface area contributed by atoms with E-state index in [0.29, 0.717) is 63.9 Å². The number of halogens is 1. The summed E-state index contributed by atoms with van der Waals surface area (Å²) < 4.78 is 11.9. The molecule has 0 saturated heterocycles. The fraction of sp³-hybridized carbons (Fsp3) is 0.318. The molecule has 9 nitrogen and oxygen atoms in total. The summed E-state index contributed by atoms with van der Waals surface area (Å²) in [6, 6.07) is 17.8. The lowest BCUT2D eigenvalue weighted by Gasteiger charge is -2.12. The number of benzene rings is 2. The minimum absolute atomic E-state index is 0.447. The molecule has 0 saturated carbocycles. The van der Waals surface area contributed by atoms with Crippen LogP contribution in [0, 0.1) is 0 Å². The van der Waals surface area contributed by atoms with Crippen molar-refractivity contribution in [3.8, 4) is 0 Å². The van der Waals surface area contributed by atoms with Crippen molar-refractivity contribution in [2.24, 2.45) is 5.73 Å². The standard InChI is InChI=1S/C22H28BrN7O2/c23-18-8-6-17(7-9-18)16-26-21-28-20(25-11-13-32-15-14-31-12-10-24)29-22(30-21)27-19-4-2-1-3-5-19/h1-9H,10-16,24H2,(H3,25,26,27,28,29,30). The number of rotatable bonds is 14. The molecule has 5 N–H and O–H groups in total. The Morgan fingerprint density at radius 1 is 0.750 bits per heavy atom. The van der Waals surface area contributed by atoms with Crippen LogP contribution in [0.1, 0.15) is 5.56 Å². The molecule has 0 aliphatic rings. The van der Waals surface area contributed by atoms with Crippen molar-refractivity contribution in [1.29, 1.82) is 0 Å². The third-order valence-corrected chi connectivity index (χ3v) is 4.72. The van der Waals surface area contributed by atoms with E-state index in [1.165, 1.54) is 0 Å². The lowest BCUT2D eigenvalue weighted by molar-refractivity contribution is 0.0547. The monoisotopic (exact) mass is 501 g/mol. The van der Waals surface area contributed by atoms with E-state index in [4.69, 9.17) is 15.2 Å². The molecule has 0 radical (unpaired) electrons. The molecule has 0 aliphatic carbocycles. The maximum absolute atomic E-state index is 5.54. The molecule has 3 aromatic rings. The maximum atomic E-state index is 5.54. The largest absolute Gasteiger partial charge is 0.378 e. The number of hydrogen-bond acceptors (Lipinski definition) is 9. The Morgan fingerprint density at radius 2 is 1.41 bits per heavy atom. The van der Waals surface area contributed by atoms with E-state index in [9.17, 15) is 0 Å². The SMILES string of the molecule is NCCOCCOCCNc1nc(NCc2ccc(Br)cc2)nc(Nc2ccccc2)n1. The van der Waals surface area contributed by atoms with Gasteiger partial charge in [0.25, 0.3) is 0 Å². The molecule has 10 heteroatoms. The molecule has 0 atom stereocenters. The zero-order chi connectivity index (χ0) is 22.4. The van der Waals surface area contributed by atoms with Crippen LogP contribution >= 0.6 is 15.9 Å². The van der Waals surface area contributed by atoms with Gasteiger partial charge in [-0.2, -0.15) is 15.0 Å². The highest BCUT2D eigenvalue weighted by molar-refractivity contribution is 9.10. The van der Waals surface area contributed by atoms with Gasteiger partial charge in [0.05, 0.1) is 26.4 Å². The quantitative estimate of drug-likeness (QED) is 0.246. The van der Waals surface area contributed by atoms with Gasteiger partial charge < -0.3 is 31.2 Å². The van der Waals surface area contributed by atoms with Gasteiger partial charge in [-0.3, -0.25) is 0 Å². The molecule has 170 valence electrons. The van der Waals surface area contributed by atoms with Crippen LogP contribution in [0.3, 0.4) is 0 Å². The molecule has 0 spiro atoms. The van der Waals surface area contributed by atoms with Crippen molar-refractivity contribution in [3.63, 3.8) is 0 Å². The van der Waals surface area contributed by atoms with E-state index in [-0.39, 0.29) is 0 Å². The molecule has 3 rings (SSSR count). The minimum Gasteiger partial charge on any atom is -0.378 e. The Morgan fingerprint density at radius 3 is 2.12 bits per heavy atom. The molecule has 0 unspecified atom stereocenters. The summed E-state index contributed by atoms with van der Waals surface area (Å²) in [6.07, 6.45) is 0. The predicted octanol–water partition coefficient (Wildman–Crippen LogP) is 3.39. The normalized spacial score (nSPS) is 10.7. The fourth-order valence-corrected chi connectivity index (χ4v) is 2.93. The van der Waals surface area contributed by atoms with Crippen LogP contribution in [0.2, 0.25) is 0 Å². The Bertz CT molecular complexity index is 929. The molecule has 1 heterocycles. The first-order chi connectivity index (χ1) is 15.7. The molecule has 0 amide bonds. The first-order valence-electron chi connectivity index (χ1n) is 10.4. The van der Waals surface area contributed by atoms with Gasteiger partial charge in [0.1, 0.15) is 0 Å². The summed E-state index contributed by atoms with van der Waals surface area (Å²) in [6.45, 7) is 3.74. The molecule has 0 aliphatic heterocycles. The van der Waals surface area contributed by atoms with E-state index in [2.05, 4.69) is 46.8 Å². The summed E-state index contributed by atoms with van der Waals surface area (Å²) in [5.74, 6) is 1.38. The summed E-state index contributed by atoms with van der Waals surface area (Å²) in [5.41, 5.74) is 7.39. The summed E-state index contributed by atoms with van der Waals surface area (Å²) >= 11 is 3.45. The Labute approximate surface area is 196 Å². The van der Waals surface area contributed by atoms with Gasteiger partial charge in [-0.05, 0) is 29.8 Å². The number of ether oxygens (including phenoxy) is 2. The van der Waals surface area contributed by atoms with Crippen molar-refractivity contribution in [2.45, 2.75) is 6.54 Å². The van der Waals surface area contributed by atoms with Crippen LogP contribution in [0.25, 0.3) is 0 Å². The average molecular weight is 502 g/mol. The van der Waals surface area contributed by atoms with Crippen LogP contribution in [0.15, 0.2) is 59.1 Å². The van der Waals surface area contributed by atoms with Gasteiger partial charge in [0.2, 0.25) is 17.8 Å². The van der Waals surface area contributed by atoms with Crippen molar-refractivity contribution >= 4 is 39.5 Å². The zero-order valence-electron chi connectivity index (χ0n) is 17.8. The van der Waals surface area contributed by atoms with E-state index < -0.39 is 0 Å². The van der Waals surface area contributed by atoms with Crippen LogP contribution < -0.4 is 21.7 Å². The van der Waals surface area contributed by atoms with Gasteiger partial charge in [0, 0.05) is 29.8 Å². The number of nitrogens with two attached hydrogens (primary N) is 1. The average Bonchev–Trinajstić information content (AvgIpc) is 2.81. The van der Waals surface area contributed by atoms with Crippen molar-refractivity contribution in [1.82, 2.24) is 15.0 Å². The highest BCUT2D eigenvalue weighted by Crippen LogP contribution is 2.16. The third kappa shape index (κ3) is 8.75. The van der Waals surface area contributed by atoms with E-state index in [1.54, 1.807) is 0 Å². The Kier molecular flexibility index (Phi) is 10.1. The van der Waals surface area contributed by atoms with Gasteiger partial charge >= 0.3 is 0 Å². The first kappa shape index (κ1) is 23.9. The van der Waals surface area contributed by atoms with Crippen molar-refractivity contribution < 1.29 is 9.47 Å². The van der Waals surface area contributed by atoms with Crippen LogP contribution in [-0.4, -0.2) is 54.5 Å². The number of nitrogens with one attached hydrogen (secondary N) is 3. The van der Waals surface area contributed by atoms with Crippen LogP contribution in [-0.2, 0) is 16.0 Å². The third-order valence-electron chi connectivity index (χ3n) is 4.19. The molecular formula is C22H28BrN7O2. The van der Waals surface area contributed by atoms with Crippen molar-refractivity contribution in [3.05, 3.63) is 64.6 Å². The summed E-state index contributed by atoms with van der Waals surface area (Å²) in [4.78, 5) is 13.4. The van der Waals surface area contributed by atoms with Gasteiger partial charge in [0.15, 0.2) is 0 Å². The van der Waals surface area contributed by atoms with Gasteiger partial charge in [-0.1, -0.05) is 46.3 Å². The molecule has 0 fully saturated rings. The lowest BCUT2D eigenvalue weighted by Crippen LogP contribution is -2.17. The second-order valence-corrected chi connectivity index (χ2v) is 7.63. The number of anilines is 4. The number of nitrogens with zero attached hydrogens (tertiary/aromatic N) is 3. The Hall–Kier alpha value is -2.79. The zero-order valence-corrected chi connectivity index (χ0v) is 19.3. The molecule has 32 heavy (non-hydrogen) atoms. The predicted molar refractivity (Wildman–Crippen MR) is 130 cm³/mol. The lowest BCUT2D eigenvalue weighted by atomic mass is 10.2. The van der Waals surface area contributed by atoms with Gasteiger partial charge in [-0.15, -0.1) is 0 Å². The molecule has 1 aromatic heterocycles. The molecule has 0 bridgehead atoms. The second kappa shape index (κ2) is 13.6. The van der Waals surface area contributed by atoms with Crippen LogP contribution in [0.5, 0.6) is 0 Å². The summed E-state index contributed by atoms with van der Waals surface area (Å²) in [5, 5.41) is 9.66. The Balaban J connectivity index is 1.58. The van der Waals surface area contributed by atoms with Crippen LogP contribution in [0.4, 0.5) is 23.5 Å². The molecular weight excluding hydrogens is 474 g/mol. The van der Waals surface area contributed by atoms with E-state index in [1.807, 2.05) is 54.6 Å². The van der Waals surface area contributed by atoms with E-state index in [0.717, 1.165) is 15.7 Å². The topological polar surface area (TPSA) is 119 Å². The second-order valence-electron chi connectivity index (χ2n) is 6.72. The van der Waals surface area contributed by atoms with Gasteiger partial charge in [-0.25, -0.2) is 0 Å². The van der Waals surface area contributed by atoms with E-state index >= 15 is 0 Å². The number of aromatic nitrogens is 3. The summed E-state index contributed by atoms with van der Waals surface area (Å²) in [7, 11) is 0. The minimum atomic E-state index is 0.447. The first-order valence-corrected chi connectivity index (χ1v) is 11.2. The smallest absolute Gasteiger partial charge is 0.233 e.